The van der Waals surface area contributed by atoms with Gasteiger partial charge in [0.1, 0.15) is 0 Å². The molecule has 0 nitrogen and oxygen atoms in total. The van der Waals surface area contributed by atoms with Gasteiger partial charge in [-0.15, -0.1) is 15.8 Å². The lowest BCUT2D eigenvalue weighted by atomic mass is 9.46. The van der Waals surface area contributed by atoms with Gasteiger partial charge in [0.05, 0.1) is 0 Å². The molecule has 4 heteroatoms. The molecule has 0 saturated heterocycles. The zero-order chi connectivity index (χ0) is 30.8. The van der Waals surface area contributed by atoms with Gasteiger partial charge in [-0.1, -0.05) is 55.4 Å². The summed E-state index contributed by atoms with van der Waals surface area (Å²) in [6.07, 6.45) is 29.0. The fraction of sp³-hybridized carbons (Fsp3) is 1.00. The maximum atomic E-state index is 2.66. The number of fused-ring (bicyclic) bond motifs is 8. The zero-order valence-corrected chi connectivity index (χ0v) is 33.5. The molecule has 6 radical (unpaired) electrons. The van der Waals surface area contributed by atoms with Crippen molar-refractivity contribution in [1.29, 1.82) is 0 Å². The summed E-state index contributed by atoms with van der Waals surface area (Å²) in [7, 11) is 0.408. The largest absolute Gasteiger partial charge is 0.106 e. The summed E-state index contributed by atoms with van der Waals surface area (Å²) in [5.41, 5.74) is 2.64. The Bertz CT molecular complexity index is 910. The average molecular weight is 661 g/mol. The highest BCUT2D eigenvalue weighted by Gasteiger charge is 2.58. The first-order valence-corrected chi connectivity index (χ1v) is 24.0. The van der Waals surface area contributed by atoms with Crippen molar-refractivity contribution < 1.29 is 0 Å². The van der Waals surface area contributed by atoms with Gasteiger partial charge in [-0.25, -0.2) is 0 Å². The Morgan fingerprint density at radius 2 is 0.587 bits per heavy atom. The molecule has 256 valence electrons. The summed E-state index contributed by atoms with van der Waals surface area (Å²) in [6, 6.07) is 0. The summed E-state index contributed by atoms with van der Waals surface area (Å²) in [5.74, 6) is 12.8. The van der Waals surface area contributed by atoms with E-state index in [1.54, 1.807) is 114 Å². The van der Waals surface area contributed by atoms with Gasteiger partial charge in [-0.3, -0.25) is 0 Å². The minimum Gasteiger partial charge on any atom is -0.106 e. The van der Waals surface area contributed by atoms with Gasteiger partial charge < -0.3 is 0 Å². The number of rotatable bonds is 11. The fourth-order valence-electron chi connectivity index (χ4n) is 14.8. The molecule has 46 heavy (non-hydrogen) atoms. The molecule has 0 amide bonds. The molecule has 12 saturated carbocycles. The van der Waals surface area contributed by atoms with E-state index in [-0.39, 0.29) is 32.7 Å². The Hall–Kier alpha value is 0.990. The summed E-state index contributed by atoms with van der Waals surface area (Å²) >= 11 is 0. The minimum absolute atomic E-state index is 0. The van der Waals surface area contributed by atoms with Gasteiger partial charge in [0.15, 0.2) is 0 Å². The predicted molar refractivity (Wildman–Crippen MR) is 207 cm³/mol. The van der Waals surface area contributed by atoms with Crippen molar-refractivity contribution in [2.24, 2.45) is 92.7 Å². The van der Waals surface area contributed by atoms with E-state index in [9.17, 15) is 0 Å². The van der Waals surface area contributed by atoms with Crippen LogP contribution in [0, 0.1) is 92.7 Å². The van der Waals surface area contributed by atoms with Crippen LogP contribution >= 0.6 is 15.8 Å². The van der Waals surface area contributed by atoms with E-state index in [0.717, 1.165) is 71.0 Å². The van der Waals surface area contributed by atoms with Crippen LogP contribution in [0.15, 0.2) is 0 Å². The van der Waals surface area contributed by atoms with Crippen LogP contribution in [0.4, 0.5) is 0 Å². The second-order valence-corrected chi connectivity index (χ2v) is 26.3. The van der Waals surface area contributed by atoms with Gasteiger partial charge in [-0.2, -0.15) is 0 Å². The second-order valence-electron chi connectivity index (χ2n) is 21.3. The molecule has 0 N–H and O–H groups in total. The third-order valence-electron chi connectivity index (χ3n) is 18.7. The summed E-state index contributed by atoms with van der Waals surface area (Å²) < 4.78 is 0. The van der Waals surface area contributed by atoms with Crippen molar-refractivity contribution in [1.82, 2.24) is 0 Å². The van der Waals surface area contributed by atoms with Gasteiger partial charge in [0.2, 0.25) is 0 Å². The molecule has 8 bridgehead atoms. The van der Waals surface area contributed by atoms with Crippen LogP contribution in [0.5, 0.6) is 0 Å². The first kappa shape index (κ1) is 36.8. The second kappa shape index (κ2) is 12.9. The van der Waals surface area contributed by atoms with Crippen molar-refractivity contribution in [3.05, 3.63) is 0 Å². The first-order valence-electron chi connectivity index (χ1n) is 20.2. The van der Waals surface area contributed by atoms with E-state index in [1.807, 2.05) is 0 Å². The topological polar surface area (TPSA) is 0 Å². The molecular weight excluding hydrogens is 588 g/mol. The molecule has 0 heterocycles. The molecule has 0 aromatic heterocycles. The normalized spacial score (nSPS) is 47.2. The standard InChI is InChI=1S/C42H72P2.2B/c1-39(2)31-13-9-27(35(39)19-31)23-43(24-28-10-14-32-20-36(28)40(32,3)4)17-18-44(25-29-11-15-33-21-37(29)41(33,5)6)26-30-12-16-34-22-38(30)42(34,7)8;;/h27-38H,9-26H2,1-8H3;;/t27?,28?,29?,30?,31-,32?,33-,34?,35-,36?,37-,38?,43?,44?;;/m0../s1. The van der Waals surface area contributed by atoms with Gasteiger partial charge >= 0.3 is 0 Å². The molecule has 0 spiro atoms. The van der Waals surface area contributed by atoms with E-state index in [4.69, 9.17) is 0 Å². The molecule has 12 aliphatic rings. The summed E-state index contributed by atoms with van der Waals surface area (Å²) in [5, 5.41) is 0. The Balaban J connectivity index is 0.00000186. The van der Waals surface area contributed by atoms with Gasteiger partial charge in [-0.05, 0) is 207 Å². The first-order chi connectivity index (χ1) is 20.8. The summed E-state index contributed by atoms with van der Waals surface area (Å²) in [6.45, 7) is 21.3. The highest BCUT2D eigenvalue weighted by Crippen LogP contribution is 2.68. The highest BCUT2D eigenvalue weighted by atomic mass is 31.1. The van der Waals surface area contributed by atoms with Crippen molar-refractivity contribution >= 4 is 32.7 Å². The average Bonchev–Trinajstić information content (AvgIpc) is 2.99. The van der Waals surface area contributed by atoms with Crippen LogP contribution < -0.4 is 0 Å². The van der Waals surface area contributed by atoms with Crippen LogP contribution in [0.1, 0.15) is 132 Å². The van der Waals surface area contributed by atoms with E-state index in [0.29, 0.717) is 21.7 Å². The predicted octanol–water partition coefficient (Wildman–Crippen LogP) is 11.5. The van der Waals surface area contributed by atoms with Gasteiger partial charge in [0.25, 0.3) is 0 Å². The lowest BCUT2D eigenvalue weighted by Gasteiger charge is -2.62. The monoisotopic (exact) mass is 661 g/mol. The highest BCUT2D eigenvalue weighted by molar-refractivity contribution is 7.61. The molecule has 12 fully saturated rings. The Labute approximate surface area is 293 Å². The van der Waals surface area contributed by atoms with E-state index in [1.165, 1.54) is 0 Å². The molecule has 14 atom stereocenters. The Kier molecular flexibility index (Phi) is 10.3. The number of hydrogen-bond donors (Lipinski definition) is 0. The molecule has 0 aliphatic heterocycles. The smallest absolute Gasteiger partial charge is 0 e. The van der Waals surface area contributed by atoms with Crippen LogP contribution in [-0.4, -0.2) is 53.8 Å². The van der Waals surface area contributed by atoms with Crippen molar-refractivity contribution in [2.75, 3.05) is 37.0 Å². The van der Waals surface area contributed by atoms with Crippen LogP contribution in [0.3, 0.4) is 0 Å². The SMILES string of the molecule is CC1(C)C2CCC(CP(CCP(CC3CCC4CC3C4(C)C)CC3CC[C@H]4C[C@@H]3C4(C)C)CC3CC[C@H]4C[C@@H]3C4(C)C)C1C2.[B].[B]. The Morgan fingerprint density at radius 1 is 0.370 bits per heavy atom. The quantitative estimate of drug-likeness (QED) is 0.153. The third-order valence-corrected chi connectivity index (χ3v) is 24.7. The molecule has 10 unspecified atom stereocenters. The zero-order valence-electron chi connectivity index (χ0n) is 31.7. The van der Waals surface area contributed by atoms with Crippen LogP contribution in [-0.2, 0) is 0 Å². The minimum atomic E-state index is 0. The lowest BCUT2D eigenvalue weighted by Crippen LogP contribution is -2.54. The Morgan fingerprint density at radius 3 is 0.761 bits per heavy atom. The van der Waals surface area contributed by atoms with E-state index in [2.05, 4.69) is 55.4 Å². The van der Waals surface area contributed by atoms with Gasteiger partial charge in [0, 0.05) is 16.8 Å². The van der Waals surface area contributed by atoms with Crippen LogP contribution in [0.2, 0.25) is 0 Å². The molecule has 0 aromatic carbocycles. The van der Waals surface area contributed by atoms with Crippen LogP contribution in [0.25, 0.3) is 0 Å². The summed E-state index contributed by atoms with van der Waals surface area (Å²) in [4.78, 5) is 0. The molecule has 12 aliphatic carbocycles. The lowest BCUT2D eigenvalue weighted by molar-refractivity contribution is -0.0996. The van der Waals surface area contributed by atoms with E-state index >= 15 is 0 Å². The molecular formula is C42H72B2P2. The third kappa shape index (κ3) is 5.85. The van der Waals surface area contributed by atoms with E-state index < -0.39 is 0 Å². The molecule has 12 rings (SSSR count). The van der Waals surface area contributed by atoms with Crippen molar-refractivity contribution in [3.8, 4) is 0 Å². The maximum Gasteiger partial charge on any atom is 0 e. The fourth-order valence-corrected chi connectivity index (χ4v) is 22.5. The molecule has 0 aromatic rings. The van der Waals surface area contributed by atoms with Crippen molar-refractivity contribution in [3.63, 3.8) is 0 Å². The number of hydrogen-bond acceptors (Lipinski definition) is 0. The van der Waals surface area contributed by atoms with Crippen molar-refractivity contribution in [2.45, 2.75) is 132 Å². The maximum absolute atomic E-state index is 2.66.